The fourth-order valence-corrected chi connectivity index (χ4v) is 3.51. The summed E-state index contributed by atoms with van der Waals surface area (Å²) in [5.41, 5.74) is 1.59. The molecule has 0 aromatic heterocycles. The molecule has 0 aliphatic rings. The molecule has 0 bridgehead atoms. The highest BCUT2D eigenvalue weighted by Gasteiger charge is 2.06. The van der Waals surface area contributed by atoms with Crippen molar-refractivity contribution in [2.75, 3.05) is 30.3 Å². The lowest BCUT2D eigenvalue weighted by molar-refractivity contribution is -0.137. The van der Waals surface area contributed by atoms with E-state index in [4.69, 9.17) is 4.74 Å². The molecule has 0 aliphatic heterocycles. The number of esters is 1. The molecular weight excluding hydrogens is 382 g/mol. The van der Waals surface area contributed by atoms with Crippen LogP contribution >= 0.6 is 12.6 Å². The van der Waals surface area contributed by atoms with E-state index in [0.29, 0.717) is 12.2 Å². The summed E-state index contributed by atoms with van der Waals surface area (Å²) in [6.45, 7) is 6.38. The molecule has 1 rings (SSSR count). The van der Waals surface area contributed by atoms with Gasteiger partial charge in [0.1, 0.15) is 5.75 Å². The van der Waals surface area contributed by atoms with Gasteiger partial charge in [0, 0.05) is 36.5 Å². The molecule has 4 nitrogen and oxygen atoms in total. The van der Waals surface area contributed by atoms with Gasteiger partial charge in [0.25, 0.3) is 0 Å². The molecule has 1 aromatic rings. The Morgan fingerprint density at radius 3 is 2.14 bits per heavy atom. The quantitative estimate of drug-likeness (QED) is 0.144. The zero-order valence-corrected chi connectivity index (χ0v) is 19.1. The second-order valence-electron chi connectivity index (χ2n) is 7.32. The molecule has 0 aliphatic carbocycles. The Labute approximate surface area is 182 Å². The molecule has 164 valence electrons. The minimum absolute atomic E-state index is 0.170. The number of benzene rings is 1. The predicted octanol–water partition coefficient (Wildman–Crippen LogP) is 6.24. The topological polar surface area (TPSA) is 49.8 Å². The summed E-state index contributed by atoms with van der Waals surface area (Å²) in [6.07, 6.45) is 13.9. The number of carbonyl (C=O) groups is 1. The van der Waals surface area contributed by atoms with Crippen LogP contribution in [0.25, 0.3) is 6.08 Å². The monoisotopic (exact) mass is 421 g/mol. The fourth-order valence-electron chi connectivity index (χ4n) is 3.29. The number of hydrogen-bond acceptors (Lipinski definition) is 5. The summed E-state index contributed by atoms with van der Waals surface area (Å²) in [4.78, 5) is 14.0. The van der Waals surface area contributed by atoms with Crippen LogP contribution < -0.4 is 4.90 Å². The Bertz CT molecular complexity index is 600. The van der Waals surface area contributed by atoms with E-state index in [2.05, 4.69) is 31.4 Å². The van der Waals surface area contributed by atoms with Crippen molar-refractivity contribution >= 4 is 30.4 Å². The van der Waals surface area contributed by atoms with E-state index < -0.39 is 0 Å². The first kappa shape index (κ1) is 25.4. The summed E-state index contributed by atoms with van der Waals surface area (Å²) in [5, 5.41) is 10.2. The fraction of sp³-hybridized carbons (Fsp3) is 0.625. The zero-order valence-electron chi connectivity index (χ0n) is 18.2. The van der Waals surface area contributed by atoms with Gasteiger partial charge in [-0.2, -0.15) is 12.6 Å². The molecule has 1 aromatic carbocycles. The van der Waals surface area contributed by atoms with Crippen LogP contribution in [0.2, 0.25) is 0 Å². The number of phenolic OH excluding ortho intramolecular Hbond substituents is 1. The number of carbonyl (C=O) groups excluding carboxylic acids is 1. The highest BCUT2D eigenvalue weighted by molar-refractivity contribution is 7.80. The van der Waals surface area contributed by atoms with Crippen LogP contribution in [0.5, 0.6) is 5.75 Å². The maximum absolute atomic E-state index is 11.9. The summed E-state index contributed by atoms with van der Waals surface area (Å²) >= 11 is 4.23. The molecule has 0 atom stereocenters. The number of unbranched alkanes of at least 4 members (excludes halogenated alkanes) is 8. The van der Waals surface area contributed by atoms with E-state index in [-0.39, 0.29) is 11.7 Å². The molecule has 5 heteroatoms. The Morgan fingerprint density at radius 1 is 1.00 bits per heavy atom. The molecule has 1 N–H and O–H groups in total. The normalized spacial score (nSPS) is 11.1. The predicted molar refractivity (Wildman–Crippen MR) is 127 cm³/mol. The van der Waals surface area contributed by atoms with Gasteiger partial charge in [0.05, 0.1) is 6.61 Å². The van der Waals surface area contributed by atoms with E-state index in [1.54, 1.807) is 12.1 Å². The third kappa shape index (κ3) is 11.2. The Morgan fingerprint density at radius 2 is 1.59 bits per heavy atom. The van der Waals surface area contributed by atoms with Crippen molar-refractivity contribution in [1.82, 2.24) is 0 Å². The van der Waals surface area contributed by atoms with Crippen molar-refractivity contribution in [3.63, 3.8) is 0 Å². The van der Waals surface area contributed by atoms with Crippen LogP contribution in [0.15, 0.2) is 24.3 Å². The van der Waals surface area contributed by atoms with Crippen molar-refractivity contribution < 1.29 is 14.6 Å². The SMILES string of the molecule is CCN(CC)c1ccc(/C=C/C(=O)OCCCCCCCCCCCS)c(O)c1. The van der Waals surface area contributed by atoms with Crippen molar-refractivity contribution in [2.24, 2.45) is 0 Å². The Kier molecular flexibility index (Phi) is 14.2. The first-order valence-electron chi connectivity index (χ1n) is 11.2. The number of anilines is 1. The van der Waals surface area contributed by atoms with E-state index in [1.165, 1.54) is 51.0 Å². The molecule has 0 spiro atoms. The van der Waals surface area contributed by atoms with Crippen LogP contribution in [0, 0.1) is 0 Å². The van der Waals surface area contributed by atoms with Crippen LogP contribution in [-0.2, 0) is 9.53 Å². The van der Waals surface area contributed by atoms with Crippen LogP contribution in [-0.4, -0.2) is 36.5 Å². The van der Waals surface area contributed by atoms with Crippen LogP contribution in [0.4, 0.5) is 5.69 Å². The number of phenols is 1. The molecule has 0 fully saturated rings. The Balaban J connectivity index is 2.19. The summed E-state index contributed by atoms with van der Waals surface area (Å²) in [5.74, 6) is 0.809. The van der Waals surface area contributed by atoms with Gasteiger partial charge in [-0.25, -0.2) is 4.79 Å². The lowest BCUT2D eigenvalue weighted by atomic mass is 10.1. The number of nitrogens with zero attached hydrogens (tertiary/aromatic N) is 1. The smallest absolute Gasteiger partial charge is 0.330 e. The van der Waals surface area contributed by atoms with Crippen molar-refractivity contribution in [3.8, 4) is 5.75 Å². The number of aromatic hydroxyl groups is 1. The lowest BCUT2D eigenvalue weighted by Crippen LogP contribution is -2.21. The first-order valence-corrected chi connectivity index (χ1v) is 11.8. The summed E-state index contributed by atoms with van der Waals surface area (Å²) < 4.78 is 5.25. The standard InChI is InChI=1S/C24H39NO3S/c1-3-25(4-2)22-16-14-21(23(26)20-22)15-17-24(27)28-18-12-10-8-6-5-7-9-11-13-19-29/h14-17,20,26,29H,3-13,18-19H2,1-2H3/b17-15+. The maximum Gasteiger partial charge on any atom is 0.330 e. The molecule has 0 radical (unpaired) electrons. The average Bonchev–Trinajstić information content (AvgIpc) is 2.72. The van der Waals surface area contributed by atoms with Gasteiger partial charge < -0.3 is 14.7 Å². The first-order chi connectivity index (χ1) is 14.1. The van der Waals surface area contributed by atoms with E-state index in [9.17, 15) is 9.90 Å². The second-order valence-corrected chi connectivity index (χ2v) is 7.77. The number of ether oxygens (including phenoxy) is 1. The van der Waals surface area contributed by atoms with Gasteiger partial charge >= 0.3 is 5.97 Å². The lowest BCUT2D eigenvalue weighted by Gasteiger charge is -2.21. The molecule has 0 saturated heterocycles. The zero-order chi connectivity index (χ0) is 21.3. The summed E-state index contributed by atoms with van der Waals surface area (Å²) in [6, 6.07) is 5.52. The number of rotatable bonds is 16. The molecule has 0 saturated carbocycles. The van der Waals surface area contributed by atoms with Gasteiger partial charge in [-0.1, -0.05) is 44.9 Å². The largest absolute Gasteiger partial charge is 0.507 e. The van der Waals surface area contributed by atoms with E-state index in [0.717, 1.165) is 37.4 Å². The average molecular weight is 422 g/mol. The highest BCUT2D eigenvalue weighted by atomic mass is 32.1. The van der Waals surface area contributed by atoms with Crippen LogP contribution in [0.3, 0.4) is 0 Å². The third-order valence-electron chi connectivity index (χ3n) is 5.09. The van der Waals surface area contributed by atoms with Gasteiger partial charge in [-0.3, -0.25) is 0 Å². The molecular formula is C24H39NO3S. The van der Waals surface area contributed by atoms with Gasteiger partial charge in [-0.15, -0.1) is 0 Å². The van der Waals surface area contributed by atoms with Crippen molar-refractivity contribution in [2.45, 2.75) is 71.6 Å². The Hall–Kier alpha value is -1.62. The second kappa shape index (κ2) is 16.2. The number of hydrogen-bond donors (Lipinski definition) is 2. The molecule has 0 amide bonds. The van der Waals surface area contributed by atoms with Crippen molar-refractivity contribution in [1.29, 1.82) is 0 Å². The molecule has 29 heavy (non-hydrogen) atoms. The van der Waals surface area contributed by atoms with Gasteiger partial charge in [-0.05, 0) is 50.7 Å². The highest BCUT2D eigenvalue weighted by Crippen LogP contribution is 2.25. The van der Waals surface area contributed by atoms with Crippen molar-refractivity contribution in [3.05, 3.63) is 29.8 Å². The van der Waals surface area contributed by atoms with Gasteiger partial charge in [0.15, 0.2) is 0 Å². The molecule has 0 unspecified atom stereocenters. The van der Waals surface area contributed by atoms with E-state index >= 15 is 0 Å². The molecule has 0 heterocycles. The minimum Gasteiger partial charge on any atom is -0.507 e. The maximum atomic E-state index is 11.9. The number of thiol groups is 1. The third-order valence-corrected chi connectivity index (χ3v) is 5.40. The van der Waals surface area contributed by atoms with Crippen LogP contribution in [0.1, 0.15) is 77.2 Å². The minimum atomic E-state index is -0.360. The van der Waals surface area contributed by atoms with Gasteiger partial charge in [0.2, 0.25) is 0 Å². The van der Waals surface area contributed by atoms with E-state index in [1.807, 2.05) is 12.1 Å². The summed E-state index contributed by atoms with van der Waals surface area (Å²) in [7, 11) is 0.